The predicted molar refractivity (Wildman–Crippen MR) is 74.3 cm³/mol. The van der Waals surface area contributed by atoms with Gasteiger partial charge in [-0.2, -0.15) is 0 Å². The van der Waals surface area contributed by atoms with E-state index in [4.69, 9.17) is 4.74 Å². The highest BCUT2D eigenvalue weighted by Gasteiger charge is 2.18. The van der Waals surface area contributed by atoms with Gasteiger partial charge in [-0.05, 0) is 25.1 Å². The van der Waals surface area contributed by atoms with Crippen LogP contribution in [0.4, 0.5) is 0 Å². The number of rotatable bonds is 8. The first kappa shape index (κ1) is 14.7. The van der Waals surface area contributed by atoms with Crippen molar-refractivity contribution in [3.05, 3.63) is 29.8 Å². The molecule has 1 unspecified atom stereocenters. The lowest BCUT2D eigenvalue weighted by Gasteiger charge is -2.14. The molecule has 0 radical (unpaired) electrons. The number of carbonyl (C=O) groups is 1. The van der Waals surface area contributed by atoms with Crippen LogP contribution >= 0.6 is 0 Å². The number of carbonyl (C=O) groups excluding carboxylic acids is 1. The quantitative estimate of drug-likeness (QED) is 0.720. The van der Waals surface area contributed by atoms with Gasteiger partial charge in [-0.15, -0.1) is 0 Å². The third-order valence-electron chi connectivity index (χ3n) is 2.76. The van der Waals surface area contributed by atoms with Gasteiger partial charge < -0.3 is 10.1 Å². The molecule has 0 bridgehead atoms. The standard InChI is InChI=1S/C15H23NO2/c1-4-10-18-14-9-7-6-8-13(14)15(17)12(3)11-16-5-2/h6-9,12,16H,4-5,10-11H2,1-3H3. The van der Waals surface area contributed by atoms with E-state index in [-0.39, 0.29) is 11.7 Å². The third kappa shape index (κ3) is 4.15. The first-order chi connectivity index (χ1) is 8.70. The molecule has 0 aliphatic rings. The Bertz CT molecular complexity index is 377. The van der Waals surface area contributed by atoms with Gasteiger partial charge in [-0.25, -0.2) is 0 Å². The minimum absolute atomic E-state index is 0.0312. The number of ketones is 1. The van der Waals surface area contributed by atoms with Crippen molar-refractivity contribution in [2.75, 3.05) is 19.7 Å². The topological polar surface area (TPSA) is 38.3 Å². The number of benzene rings is 1. The molecule has 0 saturated heterocycles. The minimum Gasteiger partial charge on any atom is -0.493 e. The van der Waals surface area contributed by atoms with E-state index in [9.17, 15) is 4.79 Å². The molecule has 100 valence electrons. The summed E-state index contributed by atoms with van der Waals surface area (Å²) in [5.74, 6) is 0.812. The van der Waals surface area contributed by atoms with Crippen LogP contribution in [0.2, 0.25) is 0 Å². The van der Waals surface area contributed by atoms with Crippen LogP contribution in [-0.2, 0) is 0 Å². The van der Waals surface area contributed by atoms with Crippen molar-refractivity contribution in [2.24, 2.45) is 5.92 Å². The second kappa shape index (κ2) is 7.88. The van der Waals surface area contributed by atoms with Crippen molar-refractivity contribution < 1.29 is 9.53 Å². The fourth-order valence-corrected chi connectivity index (χ4v) is 1.73. The van der Waals surface area contributed by atoms with Gasteiger partial charge in [-0.3, -0.25) is 4.79 Å². The summed E-state index contributed by atoms with van der Waals surface area (Å²) >= 11 is 0. The molecule has 3 nitrogen and oxygen atoms in total. The Kier molecular flexibility index (Phi) is 6.44. The molecular formula is C15H23NO2. The van der Waals surface area contributed by atoms with Crippen LogP contribution in [0.3, 0.4) is 0 Å². The van der Waals surface area contributed by atoms with Gasteiger partial charge in [0.2, 0.25) is 0 Å². The number of Topliss-reactive ketones (excluding diaryl/α,β-unsaturated/α-hetero) is 1. The smallest absolute Gasteiger partial charge is 0.170 e. The lowest BCUT2D eigenvalue weighted by atomic mass is 9.98. The molecule has 1 N–H and O–H groups in total. The van der Waals surface area contributed by atoms with E-state index >= 15 is 0 Å². The summed E-state index contributed by atoms with van der Waals surface area (Å²) in [6.07, 6.45) is 0.940. The monoisotopic (exact) mass is 249 g/mol. The van der Waals surface area contributed by atoms with Crippen LogP contribution in [0, 0.1) is 5.92 Å². The highest BCUT2D eigenvalue weighted by molar-refractivity contribution is 6.00. The van der Waals surface area contributed by atoms with Gasteiger partial charge in [0.05, 0.1) is 12.2 Å². The Morgan fingerprint density at radius 3 is 2.72 bits per heavy atom. The Hall–Kier alpha value is -1.35. The van der Waals surface area contributed by atoms with Crippen LogP contribution in [0.25, 0.3) is 0 Å². The molecule has 0 saturated carbocycles. The summed E-state index contributed by atoms with van der Waals surface area (Å²) in [6, 6.07) is 7.49. The largest absolute Gasteiger partial charge is 0.493 e. The fourth-order valence-electron chi connectivity index (χ4n) is 1.73. The minimum atomic E-state index is -0.0312. The van der Waals surface area contributed by atoms with Gasteiger partial charge in [-0.1, -0.05) is 32.9 Å². The van der Waals surface area contributed by atoms with E-state index in [2.05, 4.69) is 12.2 Å². The maximum absolute atomic E-state index is 12.3. The SMILES string of the molecule is CCCOc1ccccc1C(=O)C(C)CNCC. The van der Waals surface area contributed by atoms with Gasteiger partial charge in [0, 0.05) is 12.5 Å². The Balaban J connectivity index is 2.77. The molecule has 0 heterocycles. The van der Waals surface area contributed by atoms with Gasteiger partial charge in [0.1, 0.15) is 5.75 Å². The van der Waals surface area contributed by atoms with E-state index in [1.807, 2.05) is 38.1 Å². The number of nitrogens with one attached hydrogen (secondary N) is 1. The van der Waals surface area contributed by atoms with Gasteiger partial charge in [0.25, 0.3) is 0 Å². The maximum Gasteiger partial charge on any atom is 0.170 e. The Morgan fingerprint density at radius 1 is 1.33 bits per heavy atom. The zero-order valence-electron chi connectivity index (χ0n) is 11.5. The highest BCUT2D eigenvalue weighted by atomic mass is 16.5. The summed E-state index contributed by atoms with van der Waals surface area (Å²) in [6.45, 7) is 8.27. The summed E-state index contributed by atoms with van der Waals surface area (Å²) in [4.78, 5) is 12.3. The molecule has 1 atom stereocenters. The van der Waals surface area contributed by atoms with Crippen LogP contribution in [0.15, 0.2) is 24.3 Å². The average Bonchev–Trinajstić information content (AvgIpc) is 2.42. The van der Waals surface area contributed by atoms with E-state index < -0.39 is 0 Å². The molecule has 1 rings (SSSR count). The Morgan fingerprint density at radius 2 is 2.06 bits per heavy atom. The van der Waals surface area contributed by atoms with Crippen LogP contribution in [0.5, 0.6) is 5.75 Å². The van der Waals surface area contributed by atoms with Crippen molar-refractivity contribution in [3.63, 3.8) is 0 Å². The number of hydrogen-bond acceptors (Lipinski definition) is 3. The first-order valence-electron chi connectivity index (χ1n) is 6.67. The van der Waals surface area contributed by atoms with E-state index in [1.165, 1.54) is 0 Å². The molecule has 0 aliphatic heterocycles. The van der Waals surface area contributed by atoms with Crippen molar-refractivity contribution in [2.45, 2.75) is 27.2 Å². The summed E-state index contributed by atoms with van der Waals surface area (Å²) in [7, 11) is 0. The first-order valence-corrected chi connectivity index (χ1v) is 6.67. The van der Waals surface area contributed by atoms with Crippen molar-refractivity contribution in [1.82, 2.24) is 5.32 Å². The van der Waals surface area contributed by atoms with Crippen molar-refractivity contribution in [1.29, 1.82) is 0 Å². The van der Waals surface area contributed by atoms with Crippen LogP contribution in [0.1, 0.15) is 37.6 Å². The second-order valence-electron chi connectivity index (χ2n) is 4.42. The van der Waals surface area contributed by atoms with E-state index in [1.54, 1.807) is 0 Å². The van der Waals surface area contributed by atoms with Gasteiger partial charge >= 0.3 is 0 Å². The van der Waals surface area contributed by atoms with Crippen LogP contribution in [-0.4, -0.2) is 25.5 Å². The molecular weight excluding hydrogens is 226 g/mol. The maximum atomic E-state index is 12.3. The lowest BCUT2D eigenvalue weighted by molar-refractivity contribution is 0.0925. The molecule has 0 aromatic heterocycles. The predicted octanol–water partition coefficient (Wildman–Crippen LogP) is 2.90. The van der Waals surface area contributed by atoms with E-state index in [0.29, 0.717) is 24.5 Å². The molecule has 0 spiro atoms. The lowest BCUT2D eigenvalue weighted by Crippen LogP contribution is -2.26. The molecule has 0 fully saturated rings. The Labute approximate surface area is 110 Å². The van der Waals surface area contributed by atoms with Gasteiger partial charge in [0.15, 0.2) is 5.78 Å². The molecule has 1 aromatic rings. The molecule has 3 heteroatoms. The average molecular weight is 249 g/mol. The normalized spacial score (nSPS) is 12.2. The summed E-state index contributed by atoms with van der Waals surface area (Å²) in [5, 5.41) is 3.20. The number of para-hydroxylation sites is 1. The third-order valence-corrected chi connectivity index (χ3v) is 2.76. The van der Waals surface area contributed by atoms with Crippen LogP contribution < -0.4 is 10.1 Å². The number of hydrogen-bond donors (Lipinski definition) is 1. The zero-order chi connectivity index (χ0) is 13.4. The molecule has 0 aliphatic carbocycles. The van der Waals surface area contributed by atoms with Crippen molar-refractivity contribution in [3.8, 4) is 5.75 Å². The molecule has 0 amide bonds. The number of ether oxygens (including phenoxy) is 1. The fraction of sp³-hybridized carbons (Fsp3) is 0.533. The van der Waals surface area contributed by atoms with Crippen molar-refractivity contribution >= 4 is 5.78 Å². The summed E-state index contributed by atoms with van der Waals surface area (Å²) < 4.78 is 5.62. The highest BCUT2D eigenvalue weighted by Crippen LogP contribution is 2.21. The zero-order valence-corrected chi connectivity index (χ0v) is 11.5. The summed E-state index contributed by atoms with van der Waals surface area (Å²) in [5.41, 5.74) is 0.691. The molecule has 18 heavy (non-hydrogen) atoms. The second-order valence-corrected chi connectivity index (χ2v) is 4.42. The van der Waals surface area contributed by atoms with E-state index in [0.717, 1.165) is 13.0 Å². The molecule has 1 aromatic carbocycles.